The monoisotopic (exact) mass is 237 g/mol. The number of aromatic carboxylic acids is 1. The van der Waals surface area contributed by atoms with E-state index in [1.54, 1.807) is 0 Å². The zero-order chi connectivity index (χ0) is 12.3. The van der Waals surface area contributed by atoms with Crippen LogP contribution in [0.3, 0.4) is 0 Å². The lowest BCUT2D eigenvalue weighted by molar-refractivity contribution is 0.0698. The van der Waals surface area contributed by atoms with Crippen molar-refractivity contribution < 1.29 is 14.3 Å². The lowest BCUT2D eigenvalue weighted by atomic mass is 9.95. The van der Waals surface area contributed by atoms with Gasteiger partial charge >= 0.3 is 5.97 Å². The lowest BCUT2D eigenvalue weighted by Gasteiger charge is -2.24. The van der Waals surface area contributed by atoms with Gasteiger partial charge in [-0.2, -0.15) is 0 Å². The van der Waals surface area contributed by atoms with Crippen molar-refractivity contribution in [3.63, 3.8) is 0 Å². The molecule has 0 heterocycles. The Morgan fingerprint density at radius 2 is 2.00 bits per heavy atom. The first-order valence-corrected chi connectivity index (χ1v) is 5.96. The van der Waals surface area contributed by atoms with E-state index in [1.165, 1.54) is 24.6 Å². The van der Waals surface area contributed by atoms with Gasteiger partial charge in [-0.3, -0.25) is 0 Å². The first-order valence-electron chi connectivity index (χ1n) is 5.96. The molecule has 0 amide bonds. The molecule has 1 aliphatic carbocycles. The summed E-state index contributed by atoms with van der Waals surface area (Å²) in [6.45, 7) is 0. The average Bonchev–Trinajstić information content (AvgIpc) is 2.30. The molecule has 0 unspecified atom stereocenters. The van der Waals surface area contributed by atoms with Gasteiger partial charge in [-0.25, -0.2) is 9.18 Å². The highest BCUT2D eigenvalue weighted by Crippen LogP contribution is 2.24. The second-order valence-electron chi connectivity index (χ2n) is 4.47. The van der Waals surface area contributed by atoms with Crippen LogP contribution < -0.4 is 5.32 Å². The molecular formula is C13H16FNO2. The Hall–Kier alpha value is -1.58. The average molecular weight is 237 g/mol. The van der Waals surface area contributed by atoms with Crippen LogP contribution in [-0.2, 0) is 0 Å². The van der Waals surface area contributed by atoms with Crippen molar-refractivity contribution in [2.75, 3.05) is 5.32 Å². The fraction of sp³-hybridized carbons (Fsp3) is 0.462. The van der Waals surface area contributed by atoms with Gasteiger partial charge in [0.25, 0.3) is 0 Å². The number of benzene rings is 1. The van der Waals surface area contributed by atoms with Crippen molar-refractivity contribution in [3.8, 4) is 0 Å². The lowest BCUT2D eigenvalue weighted by Crippen LogP contribution is -2.23. The van der Waals surface area contributed by atoms with Crippen LogP contribution in [0.5, 0.6) is 0 Å². The minimum absolute atomic E-state index is 0.136. The number of hydrogen-bond acceptors (Lipinski definition) is 2. The topological polar surface area (TPSA) is 49.3 Å². The van der Waals surface area contributed by atoms with E-state index in [0.717, 1.165) is 25.7 Å². The van der Waals surface area contributed by atoms with Gasteiger partial charge in [0.15, 0.2) is 0 Å². The van der Waals surface area contributed by atoms with Gasteiger partial charge in [0, 0.05) is 6.04 Å². The van der Waals surface area contributed by atoms with Gasteiger partial charge in [0.2, 0.25) is 0 Å². The van der Waals surface area contributed by atoms with E-state index in [1.807, 2.05) is 0 Å². The van der Waals surface area contributed by atoms with E-state index < -0.39 is 11.8 Å². The molecule has 0 spiro atoms. The zero-order valence-corrected chi connectivity index (χ0v) is 9.58. The van der Waals surface area contributed by atoms with E-state index in [4.69, 9.17) is 5.11 Å². The normalized spacial score (nSPS) is 16.8. The SMILES string of the molecule is O=C(O)c1ccc(F)cc1NC1CCCCC1. The number of anilines is 1. The van der Waals surface area contributed by atoms with Crippen LogP contribution in [0.1, 0.15) is 42.5 Å². The highest BCUT2D eigenvalue weighted by molar-refractivity contribution is 5.94. The summed E-state index contributed by atoms with van der Waals surface area (Å²) in [5.41, 5.74) is 0.529. The van der Waals surface area contributed by atoms with E-state index in [9.17, 15) is 9.18 Å². The number of rotatable bonds is 3. The van der Waals surface area contributed by atoms with Crippen molar-refractivity contribution in [2.24, 2.45) is 0 Å². The van der Waals surface area contributed by atoms with E-state index >= 15 is 0 Å². The van der Waals surface area contributed by atoms with E-state index in [-0.39, 0.29) is 11.6 Å². The molecule has 0 bridgehead atoms. The summed E-state index contributed by atoms with van der Waals surface area (Å²) in [6.07, 6.45) is 5.57. The summed E-state index contributed by atoms with van der Waals surface area (Å²) < 4.78 is 13.1. The Balaban J connectivity index is 2.17. The Morgan fingerprint density at radius 3 is 2.65 bits per heavy atom. The minimum atomic E-state index is -1.02. The largest absolute Gasteiger partial charge is 0.478 e. The molecule has 0 atom stereocenters. The number of halogens is 1. The van der Waals surface area contributed by atoms with E-state index in [0.29, 0.717) is 5.69 Å². The number of hydrogen-bond donors (Lipinski definition) is 2. The fourth-order valence-corrected chi connectivity index (χ4v) is 2.29. The molecule has 0 aromatic heterocycles. The maximum absolute atomic E-state index is 13.1. The van der Waals surface area contributed by atoms with Gasteiger partial charge in [0.05, 0.1) is 11.3 Å². The number of carbonyl (C=O) groups is 1. The number of carboxylic acids is 1. The van der Waals surface area contributed by atoms with Gasteiger partial charge in [0.1, 0.15) is 5.82 Å². The Kier molecular flexibility index (Phi) is 3.61. The van der Waals surface area contributed by atoms with Crippen molar-refractivity contribution in [1.82, 2.24) is 0 Å². The standard InChI is InChI=1S/C13H16FNO2/c14-9-6-7-11(13(16)17)12(8-9)15-10-4-2-1-3-5-10/h6-8,10,15H,1-5H2,(H,16,17). The Morgan fingerprint density at radius 1 is 1.29 bits per heavy atom. The fourth-order valence-electron chi connectivity index (χ4n) is 2.29. The first-order chi connectivity index (χ1) is 8.16. The van der Waals surface area contributed by atoms with Crippen molar-refractivity contribution >= 4 is 11.7 Å². The number of carboxylic acid groups (broad SMARTS) is 1. The van der Waals surface area contributed by atoms with Crippen LogP contribution in [0, 0.1) is 5.82 Å². The van der Waals surface area contributed by atoms with Crippen LogP contribution in [0.15, 0.2) is 18.2 Å². The molecule has 2 rings (SSSR count). The number of nitrogens with one attached hydrogen (secondary N) is 1. The highest BCUT2D eigenvalue weighted by atomic mass is 19.1. The quantitative estimate of drug-likeness (QED) is 0.848. The van der Waals surface area contributed by atoms with Gasteiger partial charge in [-0.05, 0) is 31.0 Å². The van der Waals surface area contributed by atoms with Crippen LogP contribution in [0.25, 0.3) is 0 Å². The van der Waals surface area contributed by atoms with Gasteiger partial charge in [-0.1, -0.05) is 19.3 Å². The Labute approximate surface area is 99.7 Å². The summed E-state index contributed by atoms with van der Waals surface area (Å²) >= 11 is 0. The maximum Gasteiger partial charge on any atom is 0.337 e. The molecule has 1 aromatic rings. The van der Waals surface area contributed by atoms with Crippen molar-refractivity contribution in [3.05, 3.63) is 29.6 Å². The molecule has 0 aliphatic heterocycles. The van der Waals surface area contributed by atoms with Crippen molar-refractivity contribution in [2.45, 2.75) is 38.1 Å². The van der Waals surface area contributed by atoms with Crippen LogP contribution in [0.2, 0.25) is 0 Å². The molecular weight excluding hydrogens is 221 g/mol. The van der Waals surface area contributed by atoms with Crippen molar-refractivity contribution in [1.29, 1.82) is 0 Å². The third kappa shape index (κ3) is 2.96. The molecule has 1 fully saturated rings. The second-order valence-corrected chi connectivity index (χ2v) is 4.47. The molecule has 1 saturated carbocycles. The van der Waals surface area contributed by atoms with Gasteiger partial charge in [-0.15, -0.1) is 0 Å². The summed E-state index contributed by atoms with van der Waals surface area (Å²) in [5.74, 6) is -1.43. The summed E-state index contributed by atoms with van der Waals surface area (Å²) in [4.78, 5) is 11.0. The predicted octanol–water partition coefficient (Wildman–Crippen LogP) is 3.27. The second kappa shape index (κ2) is 5.17. The molecule has 4 heteroatoms. The van der Waals surface area contributed by atoms with Crippen LogP contribution >= 0.6 is 0 Å². The predicted molar refractivity (Wildman–Crippen MR) is 63.9 cm³/mol. The molecule has 1 aromatic carbocycles. The third-order valence-corrected chi connectivity index (χ3v) is 3.18. The minimum Gasteiger partial charge on any atom is -0.478 e. The molecule has 1 aliphatic rings. The first kappa shape index (κ1) is 11.9. The third-order valence-electron chi connectivity index (χ3n) is 3.18. The van der Waals surface area contributed by atoms with Crippen LogP contribution in [-0.4, -0.2) is 17.1 Å². The smallest absolute Gasteiger partial charge is 0.337 e. The van der Waals surface area contributed by atoms with Gasteiger partial charge < -0.3 is 10.4 Å². The summed E-state index contributed by atoms with van der Waals surface area (Å²) in [5, 5.41) is 12.2. The highest BCUT2D eigenvalue weighted by Gasteiger charge is 2.17. The molecule has 92 valence electrons. The molecule has 17 heavy (non-hydrogen) atoms. The molecule has 0 saturated heterocycles. The summed E-state index contributed by atoms with van der Waals surface area (Å²) in [7, 11) is 0. The molecule has 0 radical (unpaired) electrons. The van der Waals surface area contributed by atoms with Crippen LogP contribution in [0.4, 0.5) is 10.1 Å². The molecule has 3 nitrogen and oxygen atoms in total. The molecule has 2 N–H and O–H groups in total. The Bertz CT molecular complexity index is 414. The van der Waals surface area contributed by atoms with E-state index in [2.05, 4.69) is 5.32 Å². The summed E-state index contributed by atoms with van der Waals surface area (Å²) in [6, 6.07) is 4.01. The maximum atomic E-state index is 13.1. The zero-order valence-electron chi connectivity index (χ0n) is 9.58.